The monoisotopic (exact) mass is 346 g/mol. The van der Waals surface area contributed by atoms with E-state index < -0.39 is 0 Å². The Morgan fingerprint density at radius 2 is 2.00 bits per heavy atom. The number of halogens is 1. The minimum atomic E-state index is -0.322. The van der Waals surface area contributed by atoms with E-state index in [1.54, 1.807) is 6.07 Å². The lowest BCUT2D eigenvalue weighted by Crippen LogP contribution is -2.47. The molecule has 1 amide bonds. The number of hydrogen-bond donors (Lipinski definition) is 0. The van der Waals surface area contributed by atoms with Gasteiger partial charge in [0.2, 0.25) is 0 Å². The Kier molecular flexibility index (Phi) is 4.25. The van der Waals surface area contributed by atoms with Crippen molar-refractivity contribution in [2.24, 2.45) is 5.92 Å². The quantitative estimate of drug-likeness (QED) is 0.839. The van der Waals surface area contributed by atoms with E-state index in [9.17, 15) is 9.18 Å². The lowest BCUT2D eigenvalue weighted by atomic mass is 10.0. The van der Waals surface area contributed by atoms with E-state index in [1.165, 1.54) is 12.1 Å². The highest BCUT2D eigenvalue weighted by atomic mass is 19.1. The topological polar surface area (TPSA) is 45.9 Å². The Labute approximate surface area is 146 Å². The molecule has 6 heteroatoms. The summed E-state index contributed by atoms with van der Waals surface area (Å²) in [6.45, 7) is 8.76. The number of rotatable bonds is 2. The molecular formula is C19H23FN2O3. The van der Waals surface area contributed by atoms with Crippen LogP contribution in [0.5, 0.6) is 0 Å². The van der Waals surface area contributed by atoms with E-state index in [2.05, 4.69) is 11.8 Å². The molecule has 2 aliphatic rings. The molecule has 5 nitrogen and oxygen atoms in total. The number of furan rings is 1. The lowest BCUT2D eigenvalue weighted by Gasteiger charge is -2.33. The first-order chi connectivity index (χ1) is 12.0. The minimum Gasteiger partial charge on any atom is -0.451 e. The van der Waals surface area contributed by atoms with Crippen molar-refractivity contribution in [1.82, 2.24) is 9.80 Å². The van der Waals surface area contributed by atoms with Crippen molar-refractivity contribution in [2.45, 2.75) is 19.9 Å². The number of hydrogen-bond acceptors (Lipinski definition) is 4. The number of fused-ring (bicyclic) bond motifs is 1. The first kappa shape index (κ1) is 16.5. The van der Waals surface area contributed by atoms with Crippen LogP contribution in [0.3, 0.4) is 0 Å². The van der Waals surface area contributed by atoms with Crippen LogP contribution in [0.1, 0.15) is 23.0 Å². The maximum atomic E-state index is 13.5. The summed E-state index contributed by atoms with van der Waals surface area (Å²) in [5, 5.41) is 0.667. The molecule has 2 saturated heterocycles. The van der Waals surface area contributed by atoms with Crippen molar-refractivity contribution in [3.63, 3.8) is 0 Å². The average molecular weight is 346 g/mol. The smallest absolute Gasteiger partial charge is 0.289 e. The predicted molar refractivity (Wildman–Crippen MR) is 92.2 cm³/mol. The summed E-state index contributed by atoms with van der Waals surface area (Å²) < 4.78 is 24.7. The van der Waals surface area contributed by atoms with E-state index in [0.717, 1.165) is 26.3 Å². The van der Waals surface area contributed by atoms with Gasteiger partial charge in [-0.1, -0.05) is 6.92 Å². The summed E-state index contributed by atoms with van der Waals surface area (Å²) in [6, 6.07) is 4.72. The van der Waals surface area contributed by atoms with Crippen molar-refractivity contribution >= 4 is 16.9 Å². The third-order valence-corrected chi connectivity index (χ3v) is 5.47. The van der Waals surface area contributed by atoms with E-state index in [-0.39, 0.29) is 11.7 Å². The Morgan fingerprint density at radius 3 is 2.76 bits per heavy atom. The van der Waals surface area contributed by atoms with Crippen molar-refractivity contribution in [3.05, 3.63) is 35.3 Å². The molecule has 0 N–H and O–H groups in total. The van der Waals surface area contributed by atoms with Crippen LogP contribution in [0.4, 0.5) is 4.39 Å². The van der Waals surface area contributed by atoms with E-state index in [0.29, 0.717) is 47.3 Å². The first-order valence-electron chi connectivity index (χ1n) is 8.84. The molecule has 0 bridgehead atoms. The number of amides is 1. The van der Waals surface area contributed by atoms with Crippen LogP contribution in [0.25, 0.3) is 11.0 Å². The summed E-state index contributed by atoms with van der Waals surface area (Å²) in [6.07, 6.45) is 0. The average Bonchev–Trinajstić information content (AvgIpc) is 3.16. The SMILES string of the molecule is Cc1c(C(=O)N2C[C@@H](C)[C@H](N3CCOCC3)C2)oc2ccc(F)cc12. The summed E-state index contributed by atoms with van der Waals surface area (Å²) >= 11 is 0. The van der Waals surface area contributed by atoms with Gasteiger partial charge in [-0.05, 0) is 31.0 Å². The van der Waals surface area contributed by atoms with Crippen molar-refractivity contribution in [3.8, 4) is 0 Å². The fourth-order valence-electron chi connectivity index (χ4n) is 4.04. The van der Waals surface area contributed by atoms with Gasteiger partial charge in [-0.3, -0.25) is 9.69 Å². The number of carbonyl (C=O) groups is 1. The van der Waals surface area contributed by atoms with E-state index >= 15 is 0 Å². The van der Waals surface area contributed by atoms with Crippen LogP contribution >= 0.6 is 0 Å². The standard InChI is InChI=1S/C19H23FN2O3/c1-12-10-22(11-16(12)21-5-7-24-8-6-21)19(23)18-13(2)15-9-14(20)3-4-17(15)25-18/h3-4,9,12,16H,5-8,10-11H2,1-2H3/t12-,16-/m1/s1. The zero-order chi connectivity index (χ0) is 17.6. The third kappa shape index (κ3) is 2.93. The van der Waals surface area contributed by atoms with E-state index in [4.69, 9.17) is 9.15 Å². The van der Waals surface area contributed by atoms with Gasteiger partial charge < -0.3 is 14.1 Å². The van der Waals surface area contributed by atoms with Crippen LogP contribution in [0, 0.1) is 18.7 Å². The molecule has 0 unspecified atom stereocenters. The molecule has 2 atom stereocenters. The van der Waals surface area contributed by atoms with Gasteiger partial charge in [0, 0.05) is 43.2 Å². The first-order valence-corrected chi connectivity index (χ1v) is 8.84. The zero-order valence-electron chi connectivity index (χ0n) is 14.6. The van der Waals surface area contributed by atoms with Gasteiger partial charge in [0.1, 0.15) is 11.4 Å². The maximum absolute atomic E-state index is 13.5. The number of ether oxygens (including phenoxy) is 1. The van der Waals surface area contributed by atoms with Gasteiger partial charge in [-0.25, -0.2) is 4.39 Å². The Balaban J connectivity index is 1.56. The summed E-state index contributed by atoms with van der Waals surface area (Å²) in [7, 11) is 0. The van der Waals surface area contributed by atoms with E-state index in [1.807, 2.05) is 11.8 Å². The van der Waals surface area contributed by atoms with Crippen LogP contribution < -0.4 is 0 Å². The molecule has 2 aliphatic heterocycles. The Hall–Kier alpha value is -1.92. The van der Waals surface area contributed by atoms with Crippen LogP contribution in [-0.2, 0) is 4.74 Å². The van der Waals surface area contributed by atoms with Gasteiger partial charge in [0.25, 0.3) is 5.91 Å². The van der Waals surface area contributed by atoms with Crippen LogP contribution in [-0.4, -0.2) is 61.1 Å². The molecule has 2 aromatic rings. The number of likely N-dealkylation sites (tertiary alicyclic amines) is 1. The number of carbonyl (C=O) groups excluding carboxylic acids is 1. The summed E-state index contributed by atoms with van der Waals surface area (Å²) in [5.41, 5.74) is 1.27. The maximum Gasteiger partial charge on any atom is 0.289 e. The molecule has 0 saturated carbocycles. The number of benzene rings is 1. The zero-order valence-corrected chi connectivity index (χ0v) is 14.6. The van der Waals surface area contributed by atoms with Crippen LogP contribution in [0.2, 0.25) is 0 Å². The van der Waals surface area contributed by atoms with Crippen LogP contribution in [0.15, 0.2) is 22.6 Å². The molecular weight excluding hydrogens is 323 g/mol. The fourth-order valence-corrected chi connectivity index (χ4v) is 4.04. The molecule has 4 rings (SSSR count). The Morgan fingerprint density at radius 1 is 1.24 bits per heavy atom. The van der Waals surface area contributed by atoms with Gasteiger partial charge in [0.15, 0.2) is 5.76 Å². The molecule has 2 fully saturated rings. The normalized spacial score (nSPS) is 25.0. The molecule has 134 valence electrons. The molecule has 0 spiro atoms. The third-order valence-electron chi connectivity index (χ3n) is 5.47. The fraction of sp³-hybridized carbons (Fsp3) is 0.526. The van der Waals surface area contributed by atoms with Gasteiger partial charge in [0.05, 0.1) is 13.2 Å². The highest BCUT2D eigenvalue weighted by Gasteiger charge is 2.38. The highest BCUT2D eigenvalue weighted by molar-refractivity contribution is 5.99. The lowest BCUT2D eigenvalue weighted by molar-refractivity contribution is 0.0119. The molecule has 3 heterocycles. The largest absolute Gasteiger partial charge is 0.451 e. The minimum absolute atomic E-state index is 0.100. The summed E-state index contributed by atoms with van der Waals surface area (Å²) in [4.78, 5) is 17.3. The second-order valence-corrected chi connectivity index (χ2v) is 7.10. The van der Waals surface area contributed by atoms with Gasteiger partial charge >= 0.3 is 0 Å². The second kappa shape index (κ2) is 6.42. The molecule has 0 radical (unpaired) electrons. The van der Waals surface area contributed by atoms with Crippen molar-refractivity contribution in [1.29, 1.82) is 0 Å². The number of aryl methyl sites for hydroxylation is 1. The van der Waals surface area contributed by atoms with Crippen molar-refractivity contribution < 1.29 is 18.3 Å². The summed E-state index contributed by atoms with van der Waals surface area (Å²) in [5.74, 6) is 0.314. The molecule has 0 aliphatic carbocycles. The van der Waals surface area contributed by atoms with Gasteiger partial charge in [-0.2, -0.15) is 0 Å². The second-order valence-electron chi connectivity index (χ2n) is 7.10. The molecule has 1 aromatic carbocycles. The highest BCUT2D eigenvalue weighted by Crippen LogP contribution is 2.29. The molecule has 1 aromatic heterocycles. The number of morpholine rings is 1. The Bertz CT molecular complexity index is 797. The molecule has 25 heavy (non-hydrogen) atoms. The van der Waals surface area contributed by atoms with Gasteiger partial charge in [-0.15, -0.1) is 0 Å². The number of nitrogens with zero attached hydrogens (tertiary/aromatic N) is 2. The van der Waals surface area contributed by atoms with Crippen molar-refractivity contribution in [2.75, 3.05) is 39.4 Å². The predicted octanol–water partition coefficient (Wildman–Crippen LogP) is 2.67.